The number of piperazine rings is 1. The van der Waals surface area contributed by atoms with Crippen LogP contribution >= 0.6 is 23.2 Å². The molecule has 0 aromatic heterocycles. The lowest BCUT2D eigenvalue weighted by molar-refractivity contribution is 0.0628. The lowest BCUT2D eigenvalue weighted by atomic mass is 10.1. The van der Waals surface area contributed by atoms with E-state index in [1.807, 2.05) is 0 Å². The molecule has 0 aliphatic carbocycles. The van der Waals surface area contributed by atoms with Crippen LogP contribution < -0.4 is 9.47 Å². The molecule has 2 aromatic rings. The van der Waals surface area contributed by atoms with E-state index in [-0.39, 0.29) is 18.5 Å². The van der Waals surface area contributed by atoms with Crippen LogP contribution in [0, 0.1) is 5.82 Å². The van der Waals surface area contributed by atoms with E-state index in [9.17, 15) is 9.18 Å². The fourth-order valence-corrected chi connectivity index (χ4v) is 3.77. The third-order valence-corrected chi connectivity index (χ3v) is 5.38. The average molecular weight is 411 g/mol. The van der Waals surface area contributed by atoms with Crippen LogP contribution in [-0.2, 0) is 6.54 Å². The molecule has 0 saturated carbocycles. The number of amides is 1. The van der Waals surface area contributed by atoms with Crippen LogP contribution in [0.5, 0.6) is 11.5 Å². The van der Waals surface area contributed by atoms with Gasteiger partial charge in [-0.05, 0) is 29.8 Å². The molecule has 1 amide bonds. The van der Waals surface area contributed by atoms with Gasteiger partial charge in [0.15, 0.2) is 11.5 Å². The van der Waals surface area contributed by atoms with Gasteiger partial charge in [0.1, 0.15) is 5.82 Å². The van der Waals surface area contributed by atoms with E-state index in [1.54, 1.807) is 23.1 Å². The molecule has 4 rings (SSSR count). The van der Waals surface area contributed by atoms with Gasteiger partial charge >= 0.3 is 0 Å². The molecular formula is C19H17Cl2FN2O3. The molecule has 0 spiro atoms. The van der Waals surface area contributed by atoms with Gasteiger partial charge in [-0.15, -0.1) is 0 Å². The fourth-order valence-electron chi connectivity index (χ4n) is 3.27. The second-order valence-electron chi connectivity index (χ2n) is 6.50. The highest BCUT2D eigenvalue weighted by Crippen LogP contribution is 2.40. The molecule has 8 heteroatoms. The first-order valence-corrected chi connectivity index (χ1v) is 9.31. The lowest BCUT2D eigenvalue weighted by Gasteiger charge is -2.35. The molecule has 5 nitrogen and oxygen atoms in total. The van der Waals surface area contributed by atoms with Crippen molar-refractivity contribution in [3.8, 4) is 11.5 Å². The number of hydrogen-bond acceptors (Lipinski definition) is 4. The molecule has 27 heavy (non-hydrogen) atoms. The molecule has 1 fully saturated rings. The van der Waals surface area contributed by atoms with E-state index < -0.39 is 0 Å². The number of benzene rings is 2. The Balaban J connectivity index is 1.39. The van der Waals surface area contributed by atoms with Crippen molar-refractivity contribution in [3.63, 3.8) is 0 Å². The maximum Gasteiger partial charge on any atom is 0.254 e. The van der Waals surface area contributed by atoms with Crippen molar-refractivity contribution in [1.29, 1.82) is 0 Å². The first-order valence-electron chi connectivity index (χ1n) is 8.56. The van der Waals surface area contributed by atoms with Gasteiger partial charge in [-0.3, -0.25) is 9.69 Å². The van der Waals surface area contributed by atoms with Gasteiger partial charge in [0.25, 0.3) is 5.91 Å². The first-order chi connectivity index (χ1) is 13.0. The summed E-state index contributed by atoms with van der Waals surface area (Å²) < 4.78 is 23.8. The van der Waals surface area contributed by atoms with E-state index in [0.717, 1.165) is 5.56 Å². The van der Waals surface area contributed by atoms with Gasteiger partial charge in [0, 0.05) is 43.3 Å². The standard InChI is InChI=1S/C19H17Cl2FN2O3/c20-15-9-14(22)2-1-12(15)10-23-3-5-24(6-4-23)19(25)13-7-16(21)18-17(8-13)26-11-27-18/h1-2,7-9H,3-6,10-11H2. The number of rotatable bonds is 3. The zero-order valence-corrected chi connectivity index (χ0v) is 15.9. The Morgan fingerprint density at radius 3 is 2.56 bits per heavy atom. The van der Waals surface area contributed by atoms with Crippen LogP contribution in [0.1, 0.15) is 15.9 Å². The molecule has 142 valence electrons. The Morgan fingerprint density at radius 1 is 1.04 bits per heavy atom. The van der Waals surface area contributed by atoms with E-state index in [1.165, 1.54) is 12.1 Å². The summed E-state index contributed by atoms with van der Waals surface area (Å²) >= 11 is 12.3. The second kappa shape index (κ2) is 7.54. The number of halogens is 3. The summed E-state index contributed by atoms with van der Waals surface area (Å²) in [5.74, 6) is 0.542. The van der Waals surface area contributed by atoms with E-state index in [2.05, 4.69) is 4.90 Å². The quantitative estimate of drug-likeness (QED) is 0.771. The Hall–Kier alpha value is -2.02. The molecule has 2 aromatic carbocycles. The Kier molecular flexibility index (Phi) is 5.12. The summed E-state index contributed by atoms with van der Waals surface area (Å²) in [6.07, 6.45) is 0. The van der Waals surface area contributed by atoms with Crippen molar-refractivity contribution in [2.45, 2.75) is 6.54 Å². The minimum atomic E-state index is -0.346. The zero-order valence-electron chi connectivity index (χ0n) is 14.4. The highest BCUT2D eigenvalue weighted by molar-refractivity contribution is 6.32. The molecule has 0 unspecified atom stereocenters. The fraction of sp³-hybridized carbons (Fsp3) is 0.316. The molecule has 0 atom stereocenters. The van der Waals surface area contributed by atoms with Crippen LogP contribution in [-0.4, -0.2) is 48.7 Å². The molecule has 0 radical (unpaired) electrons. The van der Waals surface area contributed by atoms with Crippen molar-refractivity contribution in [2.24, 2.45) is 0 Å². The summed E-state index contributed by atoms with van der Waals surface area (Å²) in [5, 5.41) is 0.793. The predicted octanol–water partition coefficient (Wildman–Crippen LogP) is 3.82. The largest absolute Gasteiger partial charge is 0.454 e. The summed E-state index contributed by atoms with van der Waals surface area (Å²) in [5.41, 5.74) is 1.36. The third kappa shape index (κ3) is 3.83. The molecule has 0 N–H and O–H groups in total. The normalized spacial score (nSPS) is 16.6. The summed E-state index contributed by atoms with van der Waals surface area (Å²) in [7, 11) is 0. The smallest absolute Gasteiger partial charge is 0.254 e. The highest BCUT2D eigenvalue weighted by atomic mass is 35.5. The third-order valence-electron chi connectivity index (χ3n) is 4.74. The van der Waals surface area contributed by atoms with E-state index >= 15 is 0 Å². The van der Waals surface area contributed by atoms with E-state index in [4.69, 9.17) is 32.7 Å². The summed E-state index contributed by atoms with van der Waals surface area (Å²) in [6.45, 7) is 3.32. The number of nitrogens with zero attached hydrogens (tertiary/aromatic N) is 2. The summed E-state index contributed by atoms with van der Waals surface area (Å²) in [6, 6.07) is 7.71. The van der Waals surface area contributed by atoms with Gasteiger partial charge < -0.3 is 14.4 Å². The predicted molar refractivity (Wildman–Crippen MR) is 100 cm³/mol. The van der Waals surface area contributed by atoms with Crippen LogP contribution in [0.4, 0.5) is 4.39 Å². The Labute approximate surface area is 166 Å². The van der Waals surface area contributed by atoms with Gasteiger partial charge in [-0.2, -0.15) is 0 Å². The van der Waals surface area contributed by atoms with Crippen LogP contribution in [0.25, 0.3) is 0 Å². The molecular weight excluding hydrogens is 394 g/mol. The summed E-state index contributed by atoms with van der Waals surface area (Å²) in [4.78, 5) is 16.8. The molecule has 2 aliphatic rings. The number of fused-ring (bicyclic) bond motifs is 1. The second-order valence-corrected chi connectivity index (χ2v) is 7.31. The van der Waals surface area contributed by atoms with Crippen LogP contribution in [0.3, 0.4) is 0 Å². The van der Waals surface area contributed by atoms with Crippen molar-refractivity contribution in [1.82, 2.24) is 9.80 Å². The topological polar surface area (TPSA) is 42.0 Å². The Bertz CT molecular complexity index is 885. The first kappa shape index (κ1) is 18.3. The van der Waals surface area contributed by atoms with Crippen molar-refractivity contribution < 1.29 is 18.7 Å². The van der Waals surface area contributed by atoms with Crippen molar-refractivity contribution in [2.75, 3.05) is 33.0 Å². The van der Waals surface area contributed by atoms with Gasteiger partial charge in [-0.25, -0.2) is 4.39 Å². The highest BCUT2D eigenvalue weighted by Gasteiger charge is 2.26. The molecule has 0 bridgehead atoms. The Morgan fingerprint density at radius 2 is 1.81 bits per heavy atom. The maximum atomic E-state index is 13.2. The minimum Gasteiger partial charge on any atom is -0.454 e. The zero-order chi connectivity index (χ0) is 19.0. The maximum absolute atomic E-state index is 13.2. The van der Waals surface area contributed by atoms with Gasteiger partial charge in [-0.1, -0.05) is 29.3 Å². The van der Waals surface area contributed by atoms with Gasteiger partial charge in [0.2, 0.25) is 6.79 Å². The number of carbonyl (C=O) groups excluding carboxylic acids is 1. The van der Waals surface area contributed by atoms with Crippen LogP contribution in [0.15, 0.2) is 30.3 Å². The molecule has 1 saturated heterocycles. The molecule has 2 heterocycles. The van der Waals surface area contributed by atoms with Crippen LogP contribution in [0.2, 0.25) is 10.0 Å². The number of hydrogen-bond donors (Lipinski definition) is 0. The molecule has 2 aliphatic heterocycles. The monoisotopic (exact) mass is 410 g/mol. The van der Waals surface area contributed by atoms with E-state index in [0.29, 0.717) is 59.8 Å². The lowest BCUT2D eigenvalue weighted by Crippen LogP contribution is -2.48. The average Bonchev–Trinajstić information content (AvgIpc) is 3.13. The van der Waals surface area contributed by atoms with Gasteiger partial charge in [0.05, 0.1) is 5.02 Å². The van der Waals surface area contributed by atoms with Crippen molar-refractivity contribution >= 4 is 29.1 Å². The SMILES string of the molecule is O=C(c1cc(Cl)c2c(c1)OCO2)N1CCN(Cc2ccc(F)cc2Cl)CC1. The minimum absolute atomic E-state index is 0.0883. The number of ether oxygens (including phenoxy) is 2. The van der Waals surface area contributed by atoms with Crippen molar-refractivity contribution in [3.05, 3.63) is 57.3 Å². The number of carbonyl (C=O) groups is 1.